The first kappa shape index (κ1) is 12.4. The number of halogens is 2. The van der Waals surface area contributed by atoms with Crippen molar-refractivity contribution in [2.24, 2.45) is 0 Å². The van der Waals surface area contributed by atoms with Crippen molar-refractivity contribution in [1.82, 2.24) is 5.32 Å². The van der Waals surface area contributed by atoms with Crippen LogP contribution in [0.3, 0.4) is 0 Å². The Hall–Kier alpha value is 0.360. The first-order valence-electron chi connectivity index (χ1n) is 4.46. The van der Waals surface area contributed by atoms with Gasteiger partial charge in [0.1, 0.15) is 0 Å². The maximum atomic E-state index is 3.49. The van der Waals surface area contributed by atoms with Crippen LogP contribution in [-0.2, 0) is 0 Å². The molecule has 0 aliphatic heterocycles. The van der Waals surface area contributed by atoms with Crippen LogP contribution in [-0.4, -0.2) is 13.1 Å². The summed E-state index contributed by atoms with van der Waals surface area (Å²) in [5.41, 5.74) is 1.35. The lowest BCUT2D eigenvalue weighted by Gasteiger charge is -2.00. The second-order valence-electron chi connectivity index (χ2n) is 3.04. The van der Waals surface area contributed by atoms with E-state index in [4.69, 9.17) is 0 Å². The van der Waals surface area contributed by atoms with Gasteiger partial charge in [-0.05, 0) is 57.5 Å². The average Bonchev–Trinajstić information content (AvgIpc) is 2.42. The fourth-order valence-corrected chi connectivity index (χ4v) is 3.17. The third kappa shape index (κ3) is 3.85. The zero-order valence-corrected chi connectivity index (χ0v) is 12.2. The van der Waals surface area contributed by atoms with Crippen LogP contribution < -0.4 is 5.32 Å². The number of nitrogens with one attached hydrogen (secondary N) is 1. The SMILES string of the molecule is CCNCC(C)=Cc1cc(Br)c(Br)s1. The van der Waals surface area contributed by atoms with E-state index in [-0.39, 0.29) is 0 Å². The third-order valence-corrected chi connectivity index (χ3v) is 4.91. The number of hydrogen-bond acceptors (Lipinski definition) is 2. The molecule has 1 heterocycles. The molecule has 14 heavy (non-hydrogen) atoms. The number of rotatable bonds is 4. The second-order valence-corrected chi connectivity index (χ2v) is 6.30. The summed E-state index contributed by atoms with van der Waals surface area (Å²) in [6, 6.07) is 2.13. The molecule has 4 heteroatoms. The largest absolute Gasteiger partial charge is 0.313 e. The molecule has 1 aromatic rings. The van der Waals surface area contributed by atoms with Crippen LogP contribution >= 0.6 is 43.2 Å². The standard InChI is InChI=1S/C10H13Br2NS/c1-3-13-6-7(2)4-8-5-9(11)10(12)14-8/h4-5,13H,3,6H2,1-2H3. The third-order valence-electron chi connectivity index (χ3n) is 1.71. The Bertz CT molecular complexity index is 311. The summed E-state index contributed by atoms with van der Waals surface area (Å²) in [5, 5.41) is 3.30. The minimum atomic E-state index is 0.962. The lowest BCUT2D eigenvalue weighted by atomic mass is 10.2. The number of thiophene rings is 1. The van der Waals surface area contributed by atoms with Crippen molar-refractivity contribution in [2.45, 2.75) is 13.8 Å². The normalized spacial score (nSPS) is 12.1. The van der Waals surface area contributed by atoms with Crippen molar-refractivity contribution in [1.29, 1.82) is 0 Å². The highest BCUT2D eigenvalue weighted by Crippen LogP contribution is 2.33. The van der Waals surface area contributed by atoms with E-state index < -0.39 is 0 Å². The summed E-state index contributed by atoms with van der Waals surface area (Å²) in [6.45, 7) is 6.24. The molecule has 0 spiro atoms. The van der Waals surface area contributed by atoms with Gasteiger partial charge in [-0.25, -0.2) is 0 Å². The summed E-state index contributed by atoms with van der Waals surface area (Å²) in [7, 11) is 0. The Morgan fingerprint density at radius 3 is 2.79 bits per heavy atom. The molecule has 78 valence electrons. The van der Waals surface area contributed by atoms with Crippen LogP contribution in [0.5, 0.6) is 0 Å². The van der Waals surface area contributed by atoms with Crippen molar-refractivity contribution in [2.75, 3.05) is 13.1 Å². The summed E-state index contributed by atoms with van der Waals surface area (Å²) in [5.74, 6) is 0. The van der Waals surface area contributed by atoms with Gasteiger partial charge in [0.15, 0.2) is 0 Å². The van der Waals surface area contributed by atoms with E-state index in [1.165, 1.54) is 10.5 Å². The summed E-state index contributed by atoms with van der Waals surface area (Å²) in [6.07, 6.45) is 2.21. The molecule has 0 unspecified atom stereocenters. The van der Waals surface area contributed by atoms with Gasteiger partial charge in [0.05, 0.1) is 3.79 Å². The Labute approximate surface area is 106 Å². The molecule has 0 saturated carbocycles. The monoisotopic (exact) mass is 337 g/mol. The van der Waals surface area contributed by atoms with Gasteiger partial charge >= 0.3 is 0 Å². The Morgan fingerprint density at radius 2 is 2.29 bits per heavy atom. The molecule has 0 aliphatic carbocycles. The van der Waals surface area contributed by atoms with Crippen LogP contribution in [0, 0.1) is 0 Å². The van der Waals surface area contributed by atoms with Crippen molar-refractivity contribution in [3.63, 3.8) is 0 Å². The van der Waals surface area contributed by atoms with Crippen LogP contribution in [0.4, 0.5) is 0 Å². The summed E-state index contributed by atoms with van der Waals surface area (Å²) >= 11 is 8.70. The lowest BCUT2D eigenvalue weighted by Crippen LogP contribution is -2.14. The maximum Gasteiger partial charge on any atom is 0.0846 e. The van der Waals surface area contributed by atoms with Crippen molar-refractivity contribution in [3.8, 4) is 0 Å². The minimum absolute atomic E-state index is 0.962. The molecule has 1 nitrogen and oxygen atoms in total. The molecule has 0 atom stereocenters. The van der Waals surface area contributed by atoms with E-state index in [1.807, 2.05) is 0 Å². The number of hydrogen-bond donors (Lipinski definition) is 1. The predicted octanol–water partition coefficient (Wildman–Crippen LogP) is 4.29. The lowest BCUT2D eigenvalue weighted by molar-refractivity contribution is 0.779. The van der Waals surface area contributed by atoms with E-state index in [2.05, 4.69) is 63.2 Å². The first-order chi connectivity index (χ1) is 6.63. The Kier molecular flexibility index (Phi) is 5.38. The predicted molar refractivity (Wildman–Crippen MR) is 71.9 cm³/mol. The van der Waals surface area contributed by atoms with Crippen LogP contribution in [0.2, 0.25) is 0 Å². The quantitative estimate of drug-likeness (QED) is 0.863. The Morgan fingerprint density at radius 1 is 1.57 bits per heavy atom. The smallest absolute Gasteiger partial charge is 0.0846 e. The van der Waals surface area contributed by atoms with Crippen LogP contribution in [0.1, 0.15) is 18.7 Å². The molecule has 0 amide bonds. The van der Waals surface area contributed by atoms with E-state index in [0.717, 1.165) is 21.3 Å². The average molecular weight is 339 g/mol. The molecule has 0 fully saturated rings. The highest BCUT2D eigenvalue weighted by atomic mass is 79.9. The highest BCUT2D eigenvalue weighted by Gasteiger charge is 2.01. The van der Waals surface area contributed by atoms with Gasteiger partial charge in [-0.2, -0.15) is 0 Å². The van der Waals surface area contributed by atoms with E-state index in [1.54, 1.807) is 11.3 Å². The summed E-state index contributed by atoms with van der Waals surface area (Å²) < 4.78 is 2.28. The van der Waals surface area contributed by atoms with Crippen molar-refractivity contribution < 1.29 is 0 Å². The van der Waals surface area contributed by atoms with Crippen molar-refractivity contribution in [3.05, 3.63) is 24.8 Å². The van der Waals surface area contributed by atoms with Gasteiger partial charge in [0.25, 0.3) is 0 Å². The second kappa shape index (κ2) is 6.05. The molecular formula is C10H13Br2NS. The Balaban J connectivity index is 2.66. The van der Waals surface area contributed by atoms with E-state index in [0.29, 0.717) is 0 Å². The van der Waals surface area contributed by atoms with E-state index in [9.17, 15) is 0 Å². The maximum absolute atomic E-state index is 3.49. The molecule has 0 radical (unpaired) electrons. The molecule has 0 saturated heterocycles. The highest BCUT2D eigenvalue weighted by molar-refractivity contribution is 9.13. The molecule has 1 rings (SSSR count). The molecule has 1 aromatic heterocycles. The van der Waals surface area contributed by atoms with Gasteiger partial charge in [-0.15, -0.1) is 11.3 Å². The fourth-order valence-electron chi connectivity index (χ4n) is 1.05. The molecule has 0 aromatic carbocycles. The zero-order chi connectivity index (χ0) is 10.6. The van der Waals surface area contributed by atoms with Crippen LogP contribution in [0.25, 0.3) is 6.08 Å². The van der Waals surface area contributed by atoms with Gasteiger partial charge in [0.2, 0.25) is 0 Å². The molecular weight excluding hydrogens is 326 g/mol. The van der Waals surface area contributed by atoms with Gasteiger partial charge in [-0.1, -0.05) is 12.5 Å². The van der Waals surface area contributed by atoms with Crippen LogP contribution in [0.15, 0.2) is 19.9 Å². The minimum Gasteiger partial charge on any atom is -0.313 e. The van der Waals surface area contributed by atoms with Gasteiger partial charge in [-0.3, -0.25) is 0 Å². The number of likely N-dealkylation sites (N-methyl/N-ethyl adjacent to an activating group) is 1. The van der Waals surface area contributed by atoms with E-state index >= 15 is 0 Å². The summed E-state index contributed by atoms with van der Waals surface area (Å²) in [4.78, 5) is 1.28. The topological polar surface area (TPSA) is 12.0 Å². The zero-order valence-electron chi connectivity index (χ0n) is 8.23. The molecule has 1 N–H and O–H groups in total. The first-order valence-corrected chi connectivity index (χ1v) is 6.86. The molecule has 0 aliphatic rings. The fraction of sp³-hybridized carbons (Fsp3) is 0.400. The van der Waals surface area contributed by atoms with Gasteiger partial charge < -0.3 is 5.32 Å². The van der Waals surface area contributed by atoms with Crippen molar-refractivity contribution >= 4 is 49.3 Å². The van der Waals surface area contributed by atoms with Gasteiger partial charge in [0, 0.05) is 15.9 Å². The molecule has 0 bridgehead atoms.